The molecule has 0 saturated heterocycles. The summed E-state index contributed by atoms with van der Waals surface area (Å²) in [7, 11) is 8.00. The maximum Gasteiger partial charge on any atom is 0.0628 e. The summed E-state index contributed by atoms with van der Waals surface area (Å²) in [6.45, 7) is 7.49. The summed E-state index contributed by atoms with van der Waals surface area (Å²) < 4.78 is 5.19. The van der Waals surface area contributed by atoms with Gasteiger partial charge in [-0.3, -0.25) is 0 Å². The van der Waals surface area contributed by atoms with E-state index in [-0.39, 0.29) is 0 Å². The Balaban J connectivity index is 3.79. The Morgan fingerprint density at radius 2 is 1.94 bits per heavy atom. The van der Waals surface area contributed by atoms with Crippen LogP contribution < -0.4 is 5.32 Å². The minimum absolute atomic E-state index is 0.435. The van der Waals surface area contributed by atoms with Crippen molar-refractivity contribution in [2.75, 3.05) is 61.0 Å². The number of methoxy groups -OCH3 is 1. The van der Waals surface area contributed by atoms with Gasteiger partial charge in [0.05, 0.1) is 6.61 Å². The normalized spacial score (nSPS) is 13.7. The van der Waals surface area contributed by atoms with E-state index in [1.165, 1.54) is 6.42 Å². The highest BCUT2D eigenvalue weighted by Gasteiger charge is 2.10. The maximum absolute atomic E-state index is 5.19. The highest BCUT2D eigenvalue weighted by Crippen LogP contribution is 1.96. The zero-order valence-electron chi connectivity index (χ0n) is 11.6. The third-order valence-electron chi connectivity index (χ3n) is 2.78. The summed E-state index contributed by atoms with van der Waals surface area (Å²) in [6, 6.07) is 0.435. The zero-order valence-corrected chi connectivity index (χ0v) is 11.6. The average Bonchev–Trinajstić information content (AvgIpc) is 2.26. The number of hydrogen-bond acceptors (Lipinski definition) is 4. The van der Waals surface area contributed by atoms with E-state index in [1.807, 2.05) is 7.05 Å². The lowest BCUT2D eigenvalue weighted by atomic mass is 10.2. The fourth-order valence-electron chi connectivity index (χ4n) is 1.73. The van der Waals surface area contributed by atoms with Gasteiger partial charge in [0, 0.05) is 19.7 Å². The Bertz CT molecular complexity index is 153. The van der Waals surface area contributed by atoms with Crippen LogP contribution in [-0.4, -0.2) is 76.9 Å². The third-order valence-corrected chi connectivity index (χ3v) is 2.78. The SMILES string of the molecule is CCN(CCCN(C)C)CC(COC)NC. The summed E-state index contributed by atoms with van der Waals surface area (Å²) >= 11 is 0. The van der Waals surface area contributed by atoms with Crippen LogP contribution in [0.3, 0.4) is 0 Å². The first kappa shape index (κ1) is 15.8. The molecule has 0 fully saturated rings. The third kappa shape index (κ3) is 8.05. The van der Waals surface area contributed by atoms with Gasteiger partial charge >= 0.3 is 0 Å². The van der Waals surface area contributed by atoms with Crippen molar-refractivity contribution in [1.29, 1.82) is 0 Å². The van der Waals surface area contributed by atoms with Crippen molar-refractivity contribution in [3.8, 4) is 0 Å². The molecule has 0 aromatic heterocycles. The van der Waals surface area contributed by atoms with Gasteiger partial charge in [-0.1, -0.05) is 6.92 Å². The molecule has 0 radical (unpaired) electrons. The van der Waals surface area contributed by atoms with Crippen LogP contribution >= 0.6 is 0 Å². The second kappa shape index (κ2) is 10.0. The molecular weight excluding hydrogens is 202 g/mol. The average molecular weight is 231 g/mol. The van der Waals surface area contributed by atoms with Crippen molar-refractivity contribution in [3.63, 3.8) is 0 Å². The fraction of sp³-hybridized carbons (Fsp3) is 1.00. The molecular formula is C12H29N3O. The Morgan fingerprint density at radius 3 is 2.38 bits per heavy atom. The maximum atomic E-state index is 5.19. The number of nitrogens with zero attached hydrogens (tertiary/aromatic N) is 2. The topological polar surface area (TPSA) is 27.7 Å². The van der Waals surface area contributed by atoms with E-state index in [0.717, 1.165) is 32.8 Å². The van der Waals surface area contributed by atoms with Crippen molar-refractivity contribution >= 4 is 0 Å². The van der Waals surface area contributed by atoms with E-state index in [1.54, 1.807) is 7.11 Å². The summed E-state index contributed by atoms with van der Waals surface area (Å²) in [5, 5.41) is 3.29. The molecule has 0 aromatic rings. The molecule has 4 heteroatoms. The predicted molar refractivity (Wildman–Crippen MR) is 70.0 cm³/mol. The number of nitrogens with one attached hydrogen (secondary N) is 1. The molecule has 0 aliphatic rings. The monoisotopic (exact) mass is 231 g/mol. The lowest BCUT2D eigenvalue weighted by Crippen LogP contribution is -2.42. The molecule has 0 amide bonds. The highest BCUT2D eigenvalue weighted by atomic mass is 16.5. The smallest absolute Gasteiger partial charge is 0.0628 e. The van der Waals surface area contributed by atoms with Crippen molar-refractivity contribution < 1.29 is 4.74 Å². The van der Waals surface area contributed by atoms with Crippen LogP contribution in [-0.2, 0) is 4.74 Å². The second-order valence-corrected chi connectivity index (χ2v) is 4.49. The summed E-state index contributed by atoms with van der Waals surface area (Å²) in [5.41, 5.74) is 0. The number of ether oxygens (including phenoxy) is 1. The first-order chi connectivity index (χ1) is 7.63. The highest BCUT2D eigenvalue weighted by molar-refractivity contribution is 4.69. The van der Waals surface area contributed by atoms with Gasteiger partial charge in [0.15, 0.2) is 0 Å². The standard InChI is InChI=1S/C12H29N3O/c1-6-15(9-7-8-14(3)4)10-12(13-2)11-16-5/h12-13H,6-11H2,1-5H3. The van der Waals surface area contributed by atoms with Crippen LogP contribution in [0.25, 0.3) is 0 Å². The zero-order chi connectivity index (χ0) is 12.4. The molecule has 98 valence electrons. The van der Waals surface area contributed by atoms with E-state index in [2.05, 4.69) is 36.1 Å². The largest absolute Gasteiger partial charge is 0.383 e. The van der Waals surface area contributed by atoms with Gasteiger partial charge in [0.2, 0.25) is 0 Å². The quantitative estimate of drug-likeness (QED) is 0.592. The molecule has 0 saturated carbocycles. The fourth-order valence-corrected chi connectivity index (χ4v) is 1.73. The molecule has 0 rings (SSSR count). The molecule has 16 heavy (non-hydrogen) atoms. The molecule has 1 atom stereocenters. The van der Waals surface area contributed by atoms with Gasteiger partial charge in [-0.2, -0.15) is 0 Å². The molecule has 0 aliphatic carbocycles. The Kier molecular flexibility index (Phi) is 9.92. The predicted octanol–water partition coefficient (Wildman–Crippen LogP) is 0.494. The van der Waals surface area contributed by atoms with Crippen LogP contribution in [0.5, 0.6) is 0 Å². The van der Waals surface area contributed by atoms with Gasteiger partial charge < -0.3 is 19.9 Å². The Hall–Kier alpha value is -0.160. The van der Waals surface area contributed by atoms with Crippen LogP contribution in [0.2, 0.25) is 0 Å². The van der Waals surface area contributed by atoms with E-state index in [9.17, 15) is 0 Å². The van der Waals surface area contributed by atoms with Crippen LogP contribution in [0.4, 0.5) is 0 Å². The molecule has 0 aliphatic heterocycles. The molecule has 0 spiro atoms. The lowest BCUT2D eigenvalue weighted by molar-refractivity contribution is 0.141. The van der Waals surface area contributed by atoms with Crippen LogP contribution in [0.15, 0.2) is 0 Å². The van der Waals surface area contributed by atoms with E-state index in [0.29, 0.717) is 6.04 Å². The van der Waals surface area contributed by atoms with Crippen molar-refractivity contribution in [3.05, 3.63) is 0 Å². The van der Waals surface area contributed by atoms with Crippen LogP contribution in [0.1, 0.15) is 13.3 Å². The molecule has 0 bridgehead atoms. The summed E-state index contributed by atoms with van der Waals surface area (Å²) in [6.07, 6.45) is 1.23. The Morgan fingerprint density at radius 1 is 1.25 bits per heavy atom. The van der Waals surface area contributed by atoms with Gasteiger partial charge in [0.25, 0.3) is 0 Å². The molecule has 1 unspecified atom stereocenters. The van der Waals surface area contributed by atoms with Crippen molar-refractivity contribution in [2.24, 2.45) is 0 Å². The minimum Gasteiger partial charge on any atom is -0.383 e. The summed E-state index contributed by atoms with van der Waals surface area (Å²) in [5.74, 6) is 0. The first-order valence-electron chi connectivity index (χ1n) is 6.17. The lowest BCUT2D eigenvalue weighted by Gasteiger charge is -2.26. The van der Waals surface area contributed by atoms with Crippen molar-refractivity contribution in [1.82, 2.24) is 15.1 Å². The van der Waals surface area contributed by atoms with Crippen LogP contribution in [0, 0.1) is 0 Å². The summed E-state index contributed by atoms with van der Waals surface area (Å²) in [4.78, 5) is 4.71. The molecule has 1 N–H and O–H groups in total. The van der Waals surface area contributed by atoms with Gasteiger partial charge in [-0.25, -0.2) is 0 Å². The molecule has 4 nitrogen and oxygen atoms in total. The van der Waals surface area contributed by atoms with Gasteiger partial charge in [-0.15, -0.1) is 0 Å². The first-order valence-corrected chi connectivity index (χ1v) is 6.17. The van der Waals surface area contributed by atoms with Gasteiger partial charge in [-0.05, 0) is 47.2 Å². The second-order valence-electron chi connectivity index (χ2n) is 4.49. The van der Waals surface area contributed by atoms with Gasteiger partial charge in [0.1, 0.15) is 0 Å². The molecule has 0 aromatic carbocycles. The number of likely N-dealkylation sites (N-methyl/N-ethyl adjacent to an activating group) is 2. The van der Waals surface area contributed by atoms with E-state index in [4.69, 9.17) is 4.74 Å². The van der Waals surface area contributed by atoms with E-state index < -0.39 is 0 Å². The number of rotatable bonds is 10. The molecule has 0 heterocycles. The van der Waals surface area contributed by atoms with E-state index >= 15 is 0 Å². The number of hydrogen-bond donors (Lipinski definition) is 1. The van der Waals surface area contributed by atoms with Crippen molar-refractivity contribution in [2.45, 2.75) is 19.4 Å². The minimum atomic E-state index is 0.435. The Labute approximate surface area is 101 Å².